The van der Waals surface area contributed by atoms with Gasteiger partial charge in [0.15, 0.2) is 0 Å². The maximum atomic E-state index is 11.2. The molecule has 2 heterocycles. The third kappa shape index (κ3) is 0.966. The zero-order chi connectivity index (χ0) is 9.85. The Labute approximate surface area is 78.5 Å². The molecule has 2 saturated heterocycles. The third-order valence-corrected chi connectivity index (χ3v) is 3.89. The summed E-state index contributed by atoms with van der Waals surface area (Å²) in [7, 11) is 0. The first-order valence-electron chi connectivity index (χ1n) is 4.85. The summed E-state index contributed by atoms with van der Waals surface area (Å²) >= 11 is 0. The highest BCUT2D eigenvalue weighted by molar-refractivity contribution is 5.82. The summed E-state index contributed by atoms with van der Waals surface area (Å²) < 4.78 is 0. The van der Waals surface area contributed by atoms with E-state index in [1.54, 1.807) is 0 Å². The van der Waals surface area contributed by atoms with Gasteiger partial charge in [-0.2, -0.15) is 0 Å². The summed E-state index contributed by atoms with van der Waals surface area (Å²) in [4.78, 5) is 11.2. The highest BCUT2D eigenvalue weighted by Gasteiger charge is 2.61. The quantitative estimate of drug-likeness (QED) is 0.585. The number of hydrogen-bond donors (Lipinski definition) is 2. The normalized spacial score (nSPS) is 43.8. The van der Waals surface area contributed by atoms with Gasteiger partial charge in [-0.15, -0.1) is 0 Å². The van der Waals surface area contributed by atoms with Crippen LogP contribution < -0.4 is 5.32 Å². The first-order chi connectivity index (χ1) is 5.87. The van der Waals surface area contributed by atoms with E-state index in [1.165, 1.54) is 0 Å². The lowest BCUT2D eigenvalue weighted by Gasteiger charge is -2.61. The standard InChI is InChI=1S/C10H17NO2/c1-9(2,3)10-4-6(5-10)7(12)11-8(10)13/h6,8,13H,4-5H2,1-3H3,(H,11,12). The van der Waals surface area contributed by atoms with E-state index in [4.69, 9.17) is 0 Å². The lowest BCUT2D eigenvalue weighted by Crippen LogP contribution is -2.68. The highest BCUT2D eigenvalue weighted by atomic mass is 16.3. The smallest absolute Gasteiger partial charge is 0.225 e. The molecule has 1 unspecified atom stereocenters. The van der Waals surface area contributed by atoms with E-state index in [9.17, 15) is 9.90 Å². The number of amides is 1. The van der Waals surface area contributed by atoms with Gasteiger partial charge in [0.05, 0.1) is 0 Å². The summed E-state index contributed by atoms with van der Waals surface area (Å²) in [6, 6.07) is 0. The fourth-order valence-corrected chi connectivity index (χ4v) is 2.64. The first-order valence-corrected chi connectivity index (χ1v) is 4.85. The van der Waals surface area contributed by atoms with Gasteiger partial charge in [0.2, 0.25) is 5.91 Å². The van der Waals surface area contributed by atoms with E-state index in [2.05, 4.69) is 26.1 Å². The SMILES string of the molecule is CC(C)(C)C12CC(C1)C(=O)NC2O. The van der Waals surface area contributed by atoms with Crippen molar-refractivity contribution in [3.05, 3.63) is 0 Å². The average Bonchev–Trinajstić information content (AvgIpc) is 1.77. The van der Waals surface area contributed by atoms with Gasteiger partial charge >= 0.3 is 0 Å². The number of aliphatic hydroxyl groups is 1. The summed E-state index contributed by atoms with van der Waals surface area (Å²) in [5, 5.41) is 12.5. The number of rotatable bonds is 0. The average molecular weight is 183 g/mol. The van der Waals surface area contributed by atoms with Crippen molar-refractivity contribution in [2.24, 2.45) is 16.7 Å². The number of nitrogens with one attached hydrogen (secondary N) is 1. The molecule has 2 bridgehead atoms. The summed E-state index contributed by atoms with van der Waals surface area (Å²) in [5.74, 6) is 0.182. The first kappa shape index (κ1) is 9.00. The Morgan fingerprint density at radius 3 is 2.38 bits per heavy atom. The van der Waals surface area contributed by atoms with Crippen LogP contribution in [0.1, 0.15) is 33.6 Å². The second-order valence-electron chi connectivity index (χ2n) is 5.42. The lowest BCUT2D eigenvalue weighted by molar-refractivity contribution is -0.195. The Morgan fingerprint density at radius 1 is 1.46 bits per heavy atom. The number of carbonyl (C=O) groups excluding carboxylic acids is 1. The van der Waals surface area contributed by atoms with Gasteiger partial charge in [-0.05, 0) is 18.3 Å². The van der Waals surface area contributed by atoms with Crippen molar-refractivity contribution in [2.45, 2.75) is 39.8 Å². The van der Waals surface area contributed by atoms with Gasteiger partial charge < -0.3 is 10.4 Å². The zero-order valence-corrected chi connectivity index (χ0v) is 8.42. The monoisotopic (exact) mass is 183 g/mol. The second-order valence-corrected chi connectivity index (χ2v) is 5.42. The predicted octanol–water partition coefficient (Wildman–Crippen LogP) is 0.877. The Kier molecular flexibility index (Phi) is 1.57. The molecule has 0 radical (unpaired) electrons. The molecule has 2 N–H and O–H groups in total. The molecule has 74 valence electrons. The summed E-state index contributed by atoms with van der Waals surface area (Å²) in [5.41, 5.74) is -0.0117. The molecule has 3 nitrogen and oxygen atoms in total. The molecule has 3 fully saturated rings. The van der Waals surface area contributed by atoms with E-state index >= 15 is 0 Å². The fraction of sp³-hybridized carbons (Fsp3) is 0.900. The van der Waals surface area contributed by atoms with E-state index in [1.807, 2.05) is 0 Å². The number of hydrogen-bond acceptors (Lipinski definition) is 2. The van der Waals surface area contributed by atoms with Crippen molar-refractivity contribution in [3.8, 4) is 0 Å². The number of fused-ring (bicyclic) bond motifs is 2. The fourth-order valence-electron chi connectivity index (χ4n) is 2.64. The van der Waals surface area contributed by atoms with Crippen LogP contribution in [0.15, 0.2) is 0 Å². The zero-order valence-electron chi connectivity index (χ0n) is 8.42. The minimum absolute atomic E-state index is 0.0265. The Bertz CT molecular complexity index is 248. The van der Waals surface area contributed by atoms with Crippen LogP contribution in [0.4, 0.5) is 0 Å². The third-order valence-electron chi connectivity index (χ3n) is 3.89. The van der Waals surface area contributed by atoms with Crippen LogP contribution in [0.2, 0.25) is 0 Å². The molecule has 0 aromatic rings. The molecule has 3 heteroatoms. The Morgan fingerprint density at radius 2 is 2.00 bits per heavy atom. The Hall–Kier alpha value is -0.570. The predicted molar refractivity (Wildman–Crippen MR) is 48.8 cm³/mol. The molecule has 1 saturated carbocycles. The topological polar surface area (TPSA) is 49.3 Å². The van der Waals surface area contributed by atoms with E-state index in [0.29, 0.717) is 0 Å². The van der Waals surface area contributed by atoms with Crippen LogP contribution in [-0.4, -0.2) is 17.2 Å². The maximum absolute atomic E-state index is 11.2. The molecular weight excluding hydrogens is 166 g/mol. The van der Waals surface area contributed by atoms with Gasteiger partial charge in [-0.3, -0.25) is 4.79 Å². The molecule has 13 heavy (non-hydrogen) atoms. The van der Waals surface area contributed by atoms with Crippen LogP contribution in [0.5, 0.6) is 0 Å². The molecule has 1 aliphatic carbocycles. The highest BCUT2D eigenvalue weighted by Crippen LogP contribution is 2.60. The van der Waals surface area contributed by atoms with Crippen LogP contribution in [0.25, 0.3) is 0 Å². The van der Waals surface area contributed by atoms with Crippen molar-refractivity contribution in [3.63, 3.8) is 0 Å². The van der Waals surface area contributed by atoms with Crippen LogP contribution >= 0.6 is 0 Å². The molecule has 0 aromatic heterocycles. The van der Waals surface area contributed by atoms with E-state index in [0.717, 1.165) is 12.8 Å². The molecular formula is C10H17NO2. The molecule has 3 rings (SSSR count). The molecule has 2 aliphatic heterocycles. The molecule has 0 aromatic carbocycles. The number of piperidine rings is 2. The van der Waals surface area contributed by atoms with Crippen LogP contribution in [-0.2, 0) is 4.79 Å². The minimum Gasteiger partial charge on any atom is -0.373 e. The molecule has 1 amide bonds. The Balaban J connectivity index is 2.25. The molecule has 1 atom stereocenters. The summed E-state index contributed by atoms with van der Waals surface area (Å²) in [6.07, 6.45) is 1.05. The van der Waals surface area contributed by atoms with Gasteiger partial charge in [-0.1, -0.05) is 20.8 Å². The maximum Gasteiger partial charge on any atom is 0.225 e. The van der Waals surface area contributed by atoms with Crippen molar-refractivity contribution in [1.82, 2.24) is 5.32 Å². The van der Waals surface area contributed by atoms with Gasteiger partial charge in [0.25, 0.3) is 0 Å². The van der Waals surface area contributed by atoms with E-state index in [-0.39, 0.29) is 22.7 Å². The van der Waals surface area contributed by atoms with Crippen molar-refractivity contribution >= 4 is 5.91 Å². The lowest BCUT2D eigenvalue weighted by atomic mass is 9.48. The molecule has 3 aliphatic rings. The minimum atomic E-state index is -0.648. The largest absolute Gasteiger partial charge is 0.373 e. The second kappa shape index (κ2) is 2.27. The van der Waals surface area contributed by atoms with Gasteiger partial charge in [-0.25, -0.2) is 0 Å². The van der Waals surface area contributed by atoms with Gasteiger partial charge in [0.1, 0.15) is 6.23 Å². The van der Waals surface area contributed by atoms with Crippen molar-refractivity contribution in [1.29, 1.82) is 0 Å². The summed E-state index contributed by atoms with van der Waals surface area (Å²) in [6.45, 7) is 6.39. The van der Waals surface area contributed by atoms with Crippen molar-refractivity contribution in [2.75, 3.05) is 0 Å². The van der Waals surface area contributed by atoms with E-state index < -0.39 is 6.23 Å². The number of aliphatic hydroxyl groups excluding tert-OH is 1. The van der Waals surface area contributed by atoms with Crippen molar-refractivity contribution < 1.29 is 9.90 Å². The van der Waals surface area contributed by atoms with Crippen LogP contribution in [0, 0.1) is 16.7 Å². The number of carbonyl (C=O) groups is 1. The molecule has 0 spiro atoms. The van der Waals surface area contributed by atoms with Gasteiger partial charge in [0, 0.05) is 11.3 Å². The van der Waals surface area contributed by atoms with Crippen LogP contribution in [0.3, 0.4) is 0 Å².